The van der Waals surface area contributed by atoms with Gasteiger partial charge in [-0.25, -0.2) is 5.06 Å². The van der Waals surface area contributed by atoms with Crippen molar-refractivity contribution in [2.75, 3.05) is 34.5 Å². The molecule has 0 spiro atoms. The predicted octanol–water partition coefficient (Wildman–Crippen LogP) is 5.36. The van der Waals surface area contributed by atoms with Crippen LogP contribution < -0.4 is 9.47 Å². The van der Waals surface area contributed by atoms with Crippen LogP contribution in [0, 0.1) is 28.6 Å². The molecule has 2 saturated carbocycles. The quantitative estimate of drug-likeness (QED) is 0.238. The van der Waals surface area contributed by atoms with Crippen molar-refractivity contribution in [3.05, 3.63) is 23.8 Å². The van der Waals surface area contributed by atoms with Gasteiger partial charge in [0.1, 0.15) is 0 Å². The maximum atomic E-state index is 12.1. The molecular formula is C29H49NO6. The summed E-state index contributed by atoms with van der Waals surface area (Å²) in [7, 11) is 4.61. The number of aliphatic hydroxyl groups excluding tert-OH is 1. The van der Waals surface area contributed by atoms with Crippen molar-refractivity contribution in [2.24, 2.45) is 28.6 Å². The first-order chi connectivity index (χ1) is 16.9. The van der Waals surface area contributed by atoms with Crippen molar-refractivity contribution in [3.8, 4) is 11.5 Å². The van der Waals surface area contributed by atoms with Crippen LogP contribution in [0.25, 0.3) is 0 Å². The second-order valence-electron chi connectivity index (χ2n) is 11.3. The summed E-state index contributed by atoms with van der Waals surface area (Å²) in [6, 6.07) is 5.65. The predicted molar refractivity (Wildman–Crippen MR) is 141 cm³/mol. The van der Waals surface area contributed by atoms with Crippen molar-refractivity contribution in [2.45, 2.75) is 79.2 Å². The number of nitrogens with zero attached hydrogens (tertiary/aromatic N) is 1. The van der Waals surface area contributed by atoms with Crippen LogP contribution in [0.5, 0.6) is 11.5 Å². The van der Waals surface area contributed by atoms with Gasteiger partial charge >= 0.3 is 0 Å². The summed E-state index contributed by atoms with van der Waals surface area (Å²) in [4.78, 5) is 12.1. The molecule has 1 aromatic rings. The highest BCUT2D eigenvalue weighted by atomic mass is 16.5. The fraction of sp³-hybridized carbons (Fsp3) is 0.759. The van der Waals surface area contributed by atoms with Crippen molar-refractivity contribution < 1.29 is 29.3 Å². The van der Waals surface area contributed by atoms with E-state index < -0.39 is 0 Å². The van der Waals surface area contributed by atoms with Crippen LogP contribution >= 0.6 is 0 Å². The molecule has 0 aromatic heterocycles. The van der Waals surface area contributed by atoms with Crippen molar-refractivity contribution in [1.82, 2.24) is 5.06 Å². The van der Waals surface area contributed by atoms with Crippen LogP contribution in [0.2, 0.25) is 0 Å². The molecule has 4 atom stereocenters. The summed E-state index contributed by atoms with van der Waals surface area (Å²) in [5, 5.41) is 20.1. The number of ether oxygens (including phenoxy) is 3. The van der Waals surface area contributed by atoms with Gasteiger partial charge in [0.2, 0.25) is 5.91 Å². The Balaban J connectivity index is 0.000000313. The molecule has 2 aliphatic rings. The number of carbonyl (C=O) groups is 1. The number of amides is 1. The van der Waals surface area contributed by atoms with Gasteiger partial charge in [-0.2, -0.15) is 0 Å². The number of benzene rings is 1. The van der Waals surface area contributed by atoms with Gasteiger partial charge < -0.3 is 19.3 Å². The lowest BCUT2D eigenvalue weighted by Gasteiger charge is -2.39. The van der Waals surface area contributed by atoms with Crippen LogP contribution in [0.3, 0.4) is 0 Å². The highest BCUT2D eigenvalue weighted by Crippen LogP contribution is 2.67. The summed E-state index contributed by atoms with van der Waals surface area (Å²) in [5.41, 5.74) is 1.62. The first-order valence-corrected chi connectivity index (χ1v) is 13.4. The largest absolute Gasteiger partial charge is 0.493 e. The second-order valence-corrected chi connectivity index (χ2v) is 11.3. The van der Waals surface area contributed by atoms with Gasteiger partial charge in [-0.05, 0) is 67.1 Å². The number of rotatable bonds is 11. The van der Waals surface area contributed by atoms with E-state index in [0.29, 0.717) is 41.6 Å². The van der Waals surface area contributed by atoms with Crippen molar-refractivity contribution in [1.29, 1.82) is 0 Å². The zero-order chi connectivity index (χ0) is 27.1. The van der Waals surface area contributed by atoms with Gasteiger partial charge in [0.05, 0.1) is 19.8 Å². The molecule has 2 N–H and O–H groups in total. The summed E-state index contributed by atoms with van der Waals surface area (Å²) >= 11 is 0. The van der Waals surface area contributed by atoms with E-state index >= 15 is 0 Å². The van der Waals surface area contributed by atoms with E-state index in [4.69, 9.17) is 14.2 Å². The molecule has 1 aromatic carbocycles. The molecule has 7 nitrogen and oxygen atoms in total. The van der Waals surface area contributed by atoms with Crippen molar-refractivity contribution in [3.63, 3.8) is 0 Å². The molecule has 0 radical (unpaired) electrons. The minimum atomic E-state index is -0.297. The molecule has 3 rings (SSSR count). The number of hydroxylamine groups is 2. The Morgan fingerprint density at radius 3 is 2.33 bits per heavy atom. The van der Waals surface area contributed by atoms with Crippen molar-refractivity contribution >= 4 is 5.91 Å². The smallest absolute Gasteiger partial charge is 0.249 e. The monoisotopic (exact) mass is 507 g/mol. The van der Waals surface area contributed by atoms with Crippen LogP contribution in [0.15, 0.2) is 18.2 Å². The molecule has 2 aliphatic carbocycles. The summed E-state index contributed by atoms with van der Waals surface area (Å²) in [5.74, 6) is 1.62. The molecule has 7 heteroatoms. The Hall–Kier alpha value is -1.83. The Morgan fingerprint density at radius 1 is 1.19 bits per heavy atom. The maximum Gasteiger partial charge on any atom is 0.249 e. The molecule has 1 amide bonds. The molecule has 0 aliphatic heterocycles. The van der Waals surface area contributed by atoms with E-state index in [-0.39, 0.29) is 29.3 Å². The first-order valence-electron chi connectivity index (χ1n) is 13.4. The number of hydrogen-bond acceptors (Lipinski definition) is 6. The summed E-state index contributed by atoms with van der Waals surface area (Å²) in [6.45, 7) is 12.0. The lowest BCUT2D eigenvalue weighted by Crippen LogP contribution is -2.37. The van der Waals surface area contributed by atoms with Crippen LogP contribution in [0.1, 0.15) is 72.3 Å². The normalized spacial score (nSPS) is 24.8. The minimum absolute atomic E-state index is 0.0174. The Bertz CT molecular complexity index is 839. The van der Waals surface area contributed by atoms with E-state index in [1.54, 1.807) is 14.2 Å². The second kappa shape index (κ2) is 13.1. The zero-order valence-corrected chi connectivity index (χ0v) is 23.7. The first kappa shape index (κ1) is 30.4. The summed E-state index contributed by atoms with van der Waals surface area (Å²) in [6.07, 6.45) is 6.10. The van der Waals surface area contributed by atoms with Gasteiger partial charge in [0.25, 0.3) is 0 Å². The van der Waals surface area contributed by atoms with Crippen LogP contribution in [0.4, 0.5) is 0 Å². The lowest BCUT2D eigenvalue weighted by molar-refractivity contribution is -0.165. The van der Waals surface area contributed by atoms with Crippen LogP contribution in [-0.4, -0.2) is 61.9 Å². The average Bonchev–Trinajstić information content (AvgIpc) is 3.20. The fourth-order valence-electron chi connectivity index (χ4n) is 6.34. The Morgan fingerprint density at radius 2 is 1.89 bits per heavy atom. The van der Waals surface area contributed by atoms with E-state index in [1.807, 2.05) is 32.0 Å². The third-order valence-corrected chi connectivity index (χ3v) is 8.89. The third-order valence-electron chi connectivity index (χ3n) is 8.89. The molecule has 2 bridgehead atoms. The number of aliphatic hydroxyl groups is 1. The lowest BCUT2D eigenvalue weighted by atomic mass is 9.67. The topological polar surface area (TPSA) is 88.5 Å². The fourth-order valence-corrected chi connectivity index (χ4v) is 6.34. The van der Waals surface area contributed by atoms with Gasteiger partial charge in [0, 0.05) is 38.5 Å². The summed E-state index contributed by atoms with van der Waals surface area (Å²) < 4.78 is 16.1. The third kappa shape index (κ3) is 6.53. The molecule has 2 fully saturated rings. The molecular weight excluding hydrogens is 458 g/mol. The molecule has 36 heavy (non-hydrogen) atoms. The standard InChI is InChI=1S/C18H29NO5.C11H20O/c1-13(2)15(18(20)19(3)21)11-14-7-8-16(23-5)17(12-14)24-10-6-9-22-4;1-4-11-6-5-8(7-9(11)12)10(11,2)3/h7-8,12-13,15,21H,6,9-11H2,1-5H3;8-9,12H,4-7H2,1-3H3. The zero-order valence-electron chi connectivity index (χ0n) is 23.7. The number of methoxy groups -OCH3 is 2. The van der Waals surface area contributed by atoms with E-state index in [1.165, 1.54) is 19.9 Å². The molecule has 0 heterocycles. The molecule has 206 valence electrons. The number of hydrogen-bond donors (Lipinski definition) is 2. The van der Waals surface area contributed by atoms with Gasteiger partial charge in [0.15, 0.2) is 11.5 Å². The van der Waals surface area contributed by atoms with Gasteiger partial charge in [-0.3, -0.25) is 10.0 Å². The SMILES string of the molecule is CCC12CCC(CC1O)C2(C)C.COCCCOc1cc(CC(C(=O)N(C)O)C(C)C)ccc1OC. The highest BCUT2D eigenvalue weighted by Gasteiger charge is 2.62. The number of fused-ring (bicyclic) bond motifs is 2. The van der Waals surface area contributed by atoms with E-state index in [9.17, 15) is 15.1 Å². The highest BCUT2D eigenvalue weighted by molar-refractivity contribution is 5.78. The average molecular weight is 508 g/mol. The minimum Gasteiger partial charge on any atom is -0.493 e. The molecule has 4 unspecified atom stereocenters. The Kier molecular flexibility index (Phi) is 11.1. The Labute approximate surface area is 218 Å². The van der Waals surface area contributed by atoms with E-state index in [2.05, 4.69) is 20.8 Å². The number of carbonyl (C=O) groups excluding carboxylic acids is 1. The van der Waals surface area contributed by atoms with Gasteiger partial charge in [-0.15, -0.1) is 0 Å². The molecule has 0 saturated heterocycles. The van der Waals surface area contributed by atoms with E-state index in [0.717, 1.165) is 30.7 Å². The maximum absolute atomic E-state index is 12.1. The van der Waals surface area contributed by atoms with Crippen LogP contribution in [-0.2, 0) is 16.0 Å². The van der Waals surface area contributed by atoms with Gasteiger partial charge in [-0.1, -0.05) is 40.7 Å².